The number of rotatable bonds is 33. The van der Waals surface area contributed by atoms with E-state index in [9.17, 15) is 80.1 Å². The molecule has 83 heavy (non-hydrogen) atoms. The minimum Gasteiger partial charge on any atom is -0.394 e. The summed E-state index contributed by atoms with van der Waals surface area (Å²) in [6, 6.07) is -2.83. The van der Waals surface area contributed by atoms with E-state index in [1.165, 1.54) is 0 Å². The summed E-state index contributed by atoms with van der Waals surface area (Å²) < 4.78 is 62.7. The van der Waals surface area contributed by atoms with E-state index in [0.717, 1.165) is 38.9 Å². The number of urea groups is 1. The first-order valence-corrected chi connectivity index (χ1v) is 28.7. The summed E-state index contributed by atoms with van der Waals surface area (Å²) >= 11 is 1.85. The summed E-state index contributed by atoms with van der Waals surface area (Å²) in [6.45, 7) is -0.0518. The van der Waals surface area contributed by atoms with Gasteiger partial charge in [0.15, 0.2) is 25.2 Å². The van der Waals surface area contributed by atoms with Crippen molar-refractivity contribution in [2.45, 2.75) is 186 Å². The van der Waals surface area contributed by atoms with Crippen LogP contribution in [0.3, 0.4) is 0 Å². The topological polar surface area (TPSA) is 482 Å². The number of ether oxygens (including phenoxy) is 11. The van der Waals surface area contributed by atoms with E-state index in [4.69, 9.17) is 52.1 Å². The fourth-order valence-corrected chi connectivity index (χ4v) is 11.8. The van der Waals surface area contributed by atoms with Gasteiger partial charge in [-0.2, -0.15) is 11.8 Å². The van der Waals surface area contributed by atoms with Gasteiger partial charge < -0.3 is 140 Å². The monoisotopic (exact) mass is 1220 g/mol. The molecular weight excluding hydrogens is 1140 g/mol. The summed E-state index contributed by atoms with van der Waals surface area (Å²) in [7, 11) is 0. The largest absolute Gasteiger partial charge is 0.394 e. The predicted octanol–water partition coefficient (Wildman–Crippen LogP) is -9.04. The van der Waals surface area contributed by atoms with Crippen molar-refractivity contribution in [1.82, 2.24) is 31.9 Å². The number of carbonyl (C=O) groups is 5. The summed E-state index contributed by atoms with van der Waals surface area (Å²) in [5.41, 5.74) is 0. The molecule has 6 saturated heterocycles. The third-order valence-corrected chi connectivity index (χ3v) is 16.1. The molecule has 6 aliphatic rings. The first kappa shape index (κ1) is 68.7. The average Bonchev–Trinajstić information content (AvgIpc) is 4.23. The number of fused-ring (bicyclic) bond motifs is 1. The maximum absolute atomic E-state index is 12.4. The quantitative estimate of drug-likeness (QED) is 0.0214. The Morgan fingerprint density at radius 1 is 0.542 bits per heavy atom. The molecule has 23 atom stereocenters. The molecule has 20 unspecified atom stereocenters. The van der Waals surface area contributed by atoms with E-state index in [-0.39, 0.29) is 76.6 Å². The molecule has 478 valence electrons. The van der Waals surface area contributed by atoms with E-state index < -0.39 is 167 Å². The van der Waals surface area contributed by atoms with Crippen molar-refractivity contribution in [2.24, 2.45) is 0 Å². The molecule has 17 N–H and O–H groups in total. The third-order valence-electron chi connectivity index (χ3n) is 14.5. The Balaban J connectivity index is 0.891. The second-order valence-electron chi connectivity index (χ2n) is 20.7. The zero-order valence-corrected chi connectivity index (χ0v) is 46.9. The number of aliphatic hydroxyl groups is 11. The lowest BCUT2D eigenvalue weighted by Gasteiger charge is -2.50. The van der Waals surface area contributed by atoms with E-state index in [0.29, 0.717) is 24.8 Å². The van der Waals surface area contributed by atoms with Crippen LogP contribution in [0.4, 0.5) is 4.79 Å². The lowest BCUT2D eigenvalue weighted by molar-refractivity contribution is -0.377. The zero-order chi connectivity index (χ0) is 60.3. The third kappa shape index (κ3) is 19.3. The molecule has 0 aliphatic carbocycles. The maximum atomic E-state index is 12.4. The van der Waals surface area contributed by atoms with Gasteiger partial charge in [0, 0.05) is 44.4 Å². The smallest absolute Gasteiger partial charge is 0.315 e. The minimum atomic E-state index is -2.08. The van der Waals surface area contributed by atoms with Crippen LogP contribution < -0.4 is 31.9 Å². The summed E-state index contributed by atoms with van der Waals surface area (Å²) in [6.07, 6.45) is -28.4. The van der Waals surface area contributed by atoms with Gasteiger partial charge in [0.25, 0.3) is 0 Å². The second kappa shape index (κ2) is 34.2. The Kier molecular flexibility index (Phi) is 28.4. The first-order valence-electron chi connectivity index (χ1n) is 27.7. The number of hydrogen-bond acceptors (Lipinski definition) is 28. The molecule has 34 heteroatoms. The SMILES string of the molecule is CC(=O)NC1C(OC2C(O)C(CO)OC(OC3C(CO)OC(OCCCNC(=O)COCCOCCOCCNC(=O)CCCC[C@@H]4SC[C@@H]5NC(=O)N[C@@H]54)C(NC(C)=O)C3O)C2O)OC(CO)C(OC2OC(CO)C(O)C(O)C2O)C1O. The number of thioether (sulfide) groups is 1. The fraction of sp³-hybridized carbons (Fsp3) is 0.898. The highest BCUT2D eigenvalue weighted by Crippen LogP contribution is 2.36. The van der Waals surface area contributed by atoms with Crippen molar-refractivity contribution in [3.05, 3.63) is 0 Å². The van der Waals surface area contributed by atoms with Gasteiger partial charge in [-0.1, -0.05) is 6.42 Å². The number of amides is 6. The summed E-state index contributed by atoms with van der Waals surface area (Å²) in [4.78, 5) is 61.0. The molecule has 0 saturated carbocycles. The molecule has 6 fully saturated rings. The molecule has 0 aromatic heterocycles. The van der Waals surface area contributed by atoms with Crippen LogP contribution in [0.25, 0.3) is 0 Å². The molecule has 6 heterocycles. The molecule has 33 nitrogen and oxygen atoms in total. The Bertz CT molecular complexity index is 2020. The summed E-state index contributed by atoms with van der Waals surface area (Å²) in [5.74, 6) is -1.01. The van der Waals surface area contributed by atoms with Crippen LogP contribution in [0.15, 0.2) is 0 Å². The van der Waals surface area contributed by atoms with Gasteiger partial charge in [-0.3, -0.25) is 19.2 Å². The van der Waals surface area contributed by atoms with Gasteiger partial charge >= 0.3 is 6.03 Å². The van der Waals surface area contributed by atoms with E-state index >= 15 is 0 Å². The minimum absolute atomic E-state index is 0.0483. The lowest BCUT2D eigenvalue weighted by atomic mass is 9.94. The molecule has 0 radical (unpaired) electrons. The average molecular weight is 1220 g/mol. The fourth-order valence-electron chi connectivity index (χ4n) is 10.3. The van der Waals surface area contributed by atoms with E-state index in [1.54, 1.807) is 0 Å². The number of nitrogens with one attached hydrogen (secondary N) is 6. The van der Waals surface area contributed by atoms with Crippen molar-refractivity contribution in [2.75, 3.05) is 91.5 Å². The van der Waals surface area contributed by atoms with Crippen LogP contribution in [-0.2, 0) is 71.3 Å². The van der Waals surface area contributed by atoms with Crippen LogP contribution in [0, 0.1) is 0 Å². The Morgan fingerprint density at radius 3 is 1.69 bits per heavy atom. The van der Waals surface area contributed by atoms with Crippen LogP contribution in [0.2, 0.25) is 0 Å². The maximum Gasteiger partial charge on any atom is 0.315 e. The van der Waals surface area contributed by atoms with Crippen LogP contribution in [-0.4, -0.2) is 317 Å². The normalized spacial score (nSPS) is 37.9. The Labute approximate surface area is 481 Å². The molecule has 0 spiro atoms. The van der Waals surface area contributed by atoms with Gasteiger partial charge in [-0.15, -0.1) is 0 Å². The van der Waals surface area contributed by atoms with Gasteiger partial charge in [0.05, 0.1) is 78.2 Å². The highest BCUT2D eigenvalue weighted by Gasteiger charge is 2.56. The van der Waals surface area contributed by atoms with E-state index in [2.05, 4.69) is 31.9 Å². The molecular formula is C49H84N6O27S. The van der Waals surface area contributed by atoms with Crippen molar-refractivity contribution >= 4 is 41.4 Å². The van der Waals surface area contributed by atoms with Crippen molar-refractivity contribution in [1.29, 1.82) is 0 Å². The number of hydrogen-bond donors (Lipinski definition) is 17. The Hall–Kier alpha value is -3.38. The predicted molar refractivity (Wildman–Crippen MR) is 278 cm³/mol. The molecule has 6 amide bonds. The van der Waals surface area contributed by atoms with Crippen molar-refractivity contribution in [3.8, 4) is 0 Å². The Morgan fingerprint density at radius 2 is 1.07 bits per heavy atom. The van der Waals surface area contributed by atoms with Gasteiger partial charge in [0.1, 0.15) is 104 Å². The van der Waals surface area contributed by atoms with Crippen LogP contribution in [0.5, 0.6) is 0 Å². The van der Waals surface area contributed by atoms with Crippen molar-refractivity contribution < 1.29 is 132 Å². The molecule has 0 bridgehead atoms. The highest BCUT2D eigenvalue weighted by molar-refractivity contribution is 8.00. The number of unbranched alkanes of at least 4 members (excludes halogenated alkanes) is 1. The molecule has 6 rings (SSSR count). The number of carbonyl (C=O) groups excluding carboxylic acids is 5. The van der Waals surface area contributed by atoms with Crippen LogP contribution in [0.1, 0.15) is 46.0 Å². The lowest BCUT2D eigenvalue weighted by Crippen LogP contribution is -2.70. The standard InChI is InChI=1S/C49H84N6O27S/c1-22(60)52-33-37(66)42(81-48-41(70)44(36(65)26(17-57)77-48)82-46-34(53-23(2)61)38(67)43(28(19-59)79-46)80-47-40(69)39(68)35(64)25(16-56)76-47)27(18-58)78-45(33)75-10-5-8-50-31(63)20-74-15-14-73-13-12-72-11-9-51-30(62)7-4-3-6-29-32-24(21-83-29)54-49(71)55-32/h24-29,32-48,56-59,64-70H,3-21H2,1-2H3,(H,50,63)(H,51,62)(H,52,60)(H,53,61)(H2,54,55,71)/t24-,25?,26?,27?,28?,29-,32-,33?,34?,35?,36?,37?,38?,39?,40?,41?,42?,43?,44?,45?,46?,47?,48?/m0/s1. The summed E-state index contributed by atoms with van der Waals surface area (Å²) in [5, 5.41) is 135. The number of aliphatic hydroxyl groups excluding tert-OH is 11. The van der Waals surface area contributed by atoms with Crippen molar-refractivity contribution in [3.63, 3.8) is 0 Å². The molecule has 0 aromatic rings. The van der Waals surface area contributed by atoms with Gasteiger partial charge in [-0.05, 0) is 19.3 Å². The zero-order valence-electron chi connectivity index (χ0n) is 46.1. The van der Waals surface area contributed by atoms with Gasteiger partial charge in [0.2, 0.25) is 23.6 Å². The first-order chi connectivity index (χ1) is 39.8. The highest BCUT2D eigenvalue weighted by atomic mass is 32.2. The second-order valence-corrected chi connectivity index (χ2v) is 21.9. The molecule has 0 aromatic carbocycles. The van der Waals surface area contributed by atoms with Crippen LogP contribution >= 0.6 is 11.8 Å². The molecule has 6 aliphatic heterocycles. The van der Waals surface area contributed by atoms with E-state index in [1.807, 2.05) is 11.8 Å². The van der Waals surface area contributed by atoms with Gasteiger partial charge in [-0.25, -0.2) is 4.79 Å².